The fraction of sp³-hybridized carbons (Fsp3) is 0.467. The Balaban J connectivity index is 0.00000242. The highest BCUT2D eigenvalue weighted by Crippen LogP contribution is 2.13. The summed E-state index contributed by atoms with van der Waals surface area (Å²) in [5, 5.41) is 3.94. The topological polar surface area (TPSA) is 77.4 Å². The number of hydrogen-bond acceptors (Lipinski definition) is 6. The lowest BCUT2D eigenvalue weighted by molar-refractivity contribution is 0.109. The van der Waals surface area contributed by atoms with Gasteiger partial charge in [-0.15, -0.1) is 12.4 Å². The van der Waals surface area contributed by atoms with Crippen molar-refractivity contribution in [1.82, 2.24) is 15.0 Å². The highest BCUT2D eigenvalue weighted by molar-refractivity contribution is 5.85. The quantitative estimate of drug-likeness (QED) is 0.801. The molecule has 1 unspecified atom stereocenters. The van der Waals surface area contributed by atoms with Crippen molar-refractivity contribution in [3.05, 3.63) is 47.6 Å². The zero-order valence-corrected chi connectivity index (χ0v) is 13.8. The molecule has 0 amide bonds. The lowest BCUT2D eigenvalue weighted by atomic mass is 10.2. The Morgan fingerprint density at radius 1 is 1.27 bits per heavy atom. The maximum absolute atomic E-state index is 5.68. The third-order valence-corrected chi connectivity index (χ3v) is 3.25. The second-order valence-electron chi connectivity index (χ2n) is 4.91. The Hall–Kier alpha value is -1.47. The van der Waals surface area contributed by atoms with Gasteiger partial charge in [0, 0.05) is 26.7 Å². The Morgan fingerprint density at radius 2 is 2.00 bits per heavy atom. The molecule has 0 radical (unpaired) electrons. The number of hydrogen-bond donors (Lipinski definition) is 1. The van der Waals surface area contributed by atoms with Crippen LogP contribution in [0.4, 0.5) is 0 Å². The standard InChI is InChI=1S/C15H22N4O2.ClH/c1-12(20-2)15-17-14(21-18-15)11-19(9-8-16)10-13-6-4-3-5-7-13;/h3-7,12H,8-11,16H2,1-2H3;1H. The Bertz CT molecular complexity index is 535. The molecular weight excluding hydrogens is 304 g/mol. The molecule has 0 bridgehead atoms. The van der Waals surface area contributed by atoms with E-state index >= 15 is 0 Å². The Kier molecular flexibility index (Phi) is 8.05. The normalized spacial score (nSPS) is 12.2. The van der Waals surface area contributed by atoms with Crippen molar-refractivity contribution in [2.45, 2.75) is 26.1 Å². The molecule has 22 heavy (non-hydrogen) atoms. The van der Waals surface area contributed by atoms with Crippen LogP contribution in [0, 0.1) is 0 Å². The fourth-order valence-corrected chi connectivity index (χ4v) is 2.03. The van der Waals surface area contributed by atoms with Crippen LogP contribution in [0.1, 0.15) is 30.3 Å². The molecule has 0 spiro atoms. The Morgan fingerprint density at radius 3 is 2.64 bits per heavy atom. The monoisotopic (exact) mass is 326 g/mol. The van der Waals surface area contributed by atoms with E-state index < -0.39 is 0 Å². The molecule has 0 fully saturated rings. The fourth-order valence-electron chi connectivity index (χ4n) is 2.03. The highest BCUT2D eigenvalue weighted by Gasteiger charge is 2.15. The summed E-state index contributed by atoms with van der Waals surface area (Å²) in [6.45, 7) is 4.62. The number of methoxy groups -OCH3 is 1. The summed E-state index contributed by atoms with van der Waals surface area (Å²) in [6, 6.07) is 10.3. The molecule has 2 rings (SSSR count). The molecule has 1 aromatic carbocycles. The summed E-state index contributed by atoms with van der Waals surface area (Å²) >= 11 is 0. The van der Waals surface area contributed by atoms with Crippen molar-refractivity contribution in [2.75, 3.05) is 20.2 Å². The summed E-state index contributed by atoms with van der Waals surface area (Å²) < 4.78 is 10.5. The predicted molar refractivity (Wildman–Crippen MR) is 86.6 cm³/mol. The maximum atomic E-state index is 5.68. The largest absolute Gasteiger partial charge is 0.374 e. The number of aromatic nitrogens is 2. The van der Waals surface area contributed by atoms with Crippen LogP contribution in [0.5, 0.6) is 0 Å². The number of ether oxygens (including phenoxy) is 1. The van der Waals surface area contributed by atoms with Crippen molar-refractivity contribution >= 4 is 12.4 Å². The first-order chi connectivity index (χ1) is 10.2. The average molecular weight is 327 g/mol. The van der Waals surface area contributed by atoms with Gasteiger partial charge in [0.25, 0.3) is 0 Å². The molecule has 0 saturated carbocycles. The van der Waals surface area contributed by atoms with Crippen molar-refractivity contribution in [3.8, 4) is 0 Å². The first kappa shape index (κ1) is 18.6. The number of benzene rings is 1. The number of rotatable bonds is 8. The van der Waals surface area contributed by atoms with Crippen LogP contribution in [-0.4, -0.2) is 35.2 Å². The summed E-state index contributed by atoms with van der Waals surface area (Å²) in [6.07, 6.45) is -0.167. The van der Waals surface area contributed by atoms with Crippen molar-refractivity contribution in [3.63, 3.8) is 0 Å². The SMILES string of the molecule is COC(C)c1noc(CN(CCN)Cc2ccccc2)n1.Cl. The van der Waals surface area contributed by atoms with Gasteiger partial charge in [0.05, 0.1) is 6.54 Å². The van der Waals surface area contributed by atoms with Gasteiger partial charge in [-0.05, 0) is 12.5 Å². The van der Waals surface area contributed by atoms with Gasteiger partial charge in [0.1, 0.15) is 6.10 Å². The molecule has 2 N–H and O–H groups in total. The smallest absolute Gasteiger partial charge is 0.240 e. The number of nitrogens with two attached hydrogens (primary N) is 1. The highest BCUT2D eigenvalue weighted by atomic mass is 35.5. The van der Waals surface area contributed by atoms with Gasteiger partial charge in [0.15, 0.2) is 5.82 Å². The van der Waals surface area contributed by atoms with Gasteiger partial charge in [-0.2, -0.15) is 4.98 Å². The van der Waals surface area contributed by atoms with Crippen LogP contribution in [0.3, 0.4) is 0 Å². The first-order valence-corrected chi connectivity index (χ1v) is 7.04. The molecule has 0 aliphatic carbocycles. The number of halogens is 1. The van der Waals surface area contributed by atoms with Crippen molar-refractivity contribution in [2.24, 2.45) is 5.73 Å². The van der Waals surface area contributed by atoms with Crippen LogP contribution in [0.2, 0.25) is 0 Å². The van der Waals surface area contributed by atoms with Gasteiger partial charge in [-0.3, -0.25) is 4.90 Å². The second-order valence-corrected chi connectivity index (χ2v) is 4.91. The van der Waals surface area contributed by atoms with Gasteiger partial charge >= 0.3 is 0 Å². The Labute approximate surface area is 137 Å². The summed E-state index contributed by atoms with van der Waals surface area (Å²) in [7, 11) is 1.62. The molecule has 1 atom stereocenters. The van der Waals surface area contributed by atoms with Crippen LogP contribution in [-0.2, 0) is 17.8 Å². The van der Waals surface area contributed by atoms with E-state index in [9.17, 15) is 0 Å². The zero-order valence-electron chi connectivity index (χ0n) is 12.9. The molecule has 7 heteroatoms. The zero-order chi connectivity index (χ0) is 15.1. The lowest BCUT2D eigenvalue weighted by Gasteiger charge is -2.19. The van der Waals surface area contributed by atoms with Gasteiger partial charge in [-0.1, -0.05) is 35.5 Å². The van der Waals surface area contributed by atoms with E-state index in [1.165, 1.54) is 5.56 Å². The molecular formula is C15H23ClN4O2. The summed E-state index contributed by atoms with van der Waals surface area (Å²) in [5.74, 6) is 1.15. The average Bonchev–Trinajstić information content (AvgIpc) is 2.96. The molecule has 0 aliphatic heterocycles. The molecule has 0 saturated heterocycles. The van der Waals surface area contributed by atoms with Crippen LogP contribution < -0.4 is 5.73 Å². The van der Waals surface area contributed by atoms with Gasteiger partial charge < -0.3 is 15.0 Å². The third-order valence-electron chi connectivity index (χ3n) is 3.25. The summed E-state index contributed by atoms with van der Waals surface area (Å²) in [5.41, 5.74) is 6.92. The lowest BCUT2D eigenvalue weighted by Crippen LogP contribution is -2.28. The minimum absolute atomic E-state index is 0. The van der Waals surface area contributed by atoms with Gasteiger partial charge in [0.2, 0.25) is 5.89 Å². The van der Waals surface area contributed by atoms with Crippen LogP contribution in [0.15, 0.2) is 34.9 Å². The van der Waals surface area contributed by atoms with Crippen LogP contribution in [0.25, 0.3) is 0 Å². The minimum atomic E-state index is -0.167. The van der Waals surface area contributed by atoms with Crippen LogP contribution >= 0.6 is 12.4 Å². The van der Waals surface area contributed by atoms with E-state index in [0.29, 0.717) is 24.8 Å². The molecule has 0 aliphatic rings. The summed E-state index contributed by atoms with van der Waals surface area (Å²) in [4.78, 5) is 6.54. The molecule has 6 nitrogen and oxygen atoms in total. The third kappa shape index (κ3) is 5.38. The van der Waals surface area contributed by atoms with E-state index in [1.54, 1.807) is 7.11 Å². The first-order valence-electron chi connectivity index (χ1n) is 7.04. The van der Waals surface area contributed by atoms with E-state index in [-0.39, 0.29) is 18.5 Å². The van der Waals surface area contributed by atoms with E-state index in [0.717, 1.165) is 13.1 Å². The molecule has 122 valence electrons. The molecule has 1 aromatic heterocycles. The predicted octanol–water partition coefficient (Wildman–Crippen LogP) is 2.16. The minimum Gasteiger partial charge on any atom is -0.374 e. The van der Waals surface area contributed by atoms with E-state index in [1.807, 2.05) is 25.1 Å². The van der Waals surface area contributed by atoms with Crippen molar-refractivity contribution in [1.29, 1.82) is 0 Å². The van der Waals surface area contributed by atoms with Crippen molar-refractivity contribution < 1.29 is 9.26 Å². The van der Waals surface area contributed by atoms with E-state index in [4.69, 9.17) is 15.0 Å². The van der Waals surface area contributed by atoms with E-state index in [2.05, 4.69) is 27.2 Å². The van der Waals surface area contributed by atoms with Gasteiger partial charge in [-0.25, -0.2) is 0 Å². The second kappa shape index (κ2) is 9.53. The molecule has 1 heterocycles. The number of nitrogens with zero attached hydrogens (tertiary/aromatic N) is 3. The maximum Gasteiger partial charge on any atom is 0.240 e. The molecule has 2 aromatic rings.